The second kappa shape index (κ2) is 6.41. The fourth-order valence-electron chi connectivity index (χ4n) is 3.10. The fourth-order valence-corrected chi connectivity index (χ4v) is 3.10. The number of rotatable bonds is 5. The molecule has 3 nitrogen and oxygen atoms in total. The molecule has 0 aromatic heterocycles. The van der Waals surface area contributed by atoms with E-state index in [4.69, 9.17) is 0 Å². The summed E-state index contributed by atoms with van der Waals surface area (Å²) in [4.78, 5) is 1.55. The van der Waals surface area contributed by atoms with Gasteiger partial charge in [0, 0.05) is 13.1 Å². The molecule has 2 fully saturated rings. The molecule has 0 aromatic carbocycles. The highest BCUT2D eigenvalue weighted by Crippen LogP contribution is 2.29. The first kappa shape index (κ1) is 15.1. The molecule has 0 bridgehead atoms. The number of hydrogen-bond donors (Lipinski definition) is 2. The lowest BCUT2D eigenvalue weighted by atomic mass is 9.82. The molecule has 2 rings (SSSR count). The first-order valence-corrected chi connectivity index (χ1v) is 7.10. The van der Waals surface area contributed by atoms with Gasteiger partial charge in [-0.25, -0.2) is 0 Å². The van der Waals surface area contributed by atoms with Crippen LogP contribution in [0.2, 0.25) is 0 Å². The van der Waals surface area contributed by atoms with E-state index in [0.29, 0.717) is 31.8 Å². The molecule has 1 saturated carbocycles. The van der Waals surface area contributed by atoms with Crippen LogP contribution in [0.3, 0.4) is 0 Å². The second-order valence-electron chi connectivity index (χ2n) is 5.99. The number of aliphatic hydroxyl groups excluding tert-OH is 1. The molecule has 2 N–H and O–H groups in total. The van der Waals surface area contributed by atoms with E-state index in [2.05, 4.69) is 5.32 Å². The van der Waals surface area contributed by atoms with Gasteiger partial charge in [-0.2, -0.15) is 13.2 Å². The van der Waals surface area contributed by atoms with E-state index in [1.165, 1.54) is 0 Å². The van der Waals surface area contributed by atoms with Crippen molar-refractivity contribution in [1.29, 1.82) is 0 Å². The summed E-state index contributed by atoms with van der Waals surface area (Å²) in [6.07, 6.45) is -1.20. The number of hydrogen-bond acceptors (Lipinski definition) is 3. The molecule has 19 heavy (non-hydrogen) atoms. The van der Waals surface area contributed by atoms with Crippen LogP contribution in [0.1, 0.15) is 25.7 Å². The Kier molecular flexibility index (Phi) is 5.09. The lowest BCUT2D eigenvalue weighted by Gasteiger charge is -2.38. The second-order valence-corrected chi connectivity index (χ2v) is 5.99. The lowest BCUT2D eigenvalue weighted by Crippen LogP contribution is -2.45. The summed E-state index contributed by atoms with van der Waals surface area (Å²) in [5.74, 6) is 0.604. The van der Waals surface area contributed by atoms with Crippen LogP contribution in [0.15, 0.2) is 0 Å². The number of aliphatic hydroxyl groups is 1. The van der Waals surface area contributed by atoms with E-state index in [0.717, 1.165) is 25.9 Å². The van der Waals surface area contributed by atoms with E-state index >= 15 is 0 Å². The summed E-state index contributed by atoms with van der Waals surface area (Å²) in [5, 5.41) is 12.5. The minimum atomic E-state index is -4.13. The van der Waals surface area contributed by atoms with Crippen molar-refractivity contribution < 1.29 is 18.3 Å². The van der Waals surface area contributed by atoms with Crippen LogP contribution in [0.25, 0.3) is 0 Å². The van der Waals surface area contributed by atoms with E-state index in [1.807, 2.05) is 0 Å². The molecule has 1 aliphatic carbocycles. The van der Waals surface area contributed by atoms with Crippen LogP contribution >= 0.6 is 0 Å². The Bertz CT molecular complexity index is 274. The molecule has 0 atom stereocenters. The third kappa shape index (κ3) is 5.28. The molecular weight excluding hydrogens is 257 g/mol. The molecule has 2 aliphatic rings. The zero-order chi connectivity index (χ0) is 13.9. The zero-order valence-electron chi connectivity index (χ0n) is 11.1. The number of piperidine rings is 1. The van der Waals surface area contributed by atoms with Crippen LogP contribution in [0.5, 0.6) is 0 Å². The van der Waals surface area contributed by atoms with Crippen LogP contribution in [0, 0.1) is 11.8 Å². The SMILES string of the molecule is OC1CC(CN(CC2CCNCC2)CC(F)(F)F)C1. The van der Waals surface area contributed by atoms with Crippen LogP contribution in [-0.2, 0) is 0 Å². The fraction of sp³-hybridized carbons (Fsp3) is 1.00. The normalized spacial score (nSPS) is 29.5. The average Bonchev–Trinajstić information content (AvgIpc) is 2.26. The first-order valence-electron chi connectivity index (χ1n) is 7.10. The van der Waals surface area contributed by atoms with Crippen molar-refractivity contribution in [2.75, 3.05) is 32.7 Å². The predicted molar refractivity (Wildman–Crippen MR) is 66.8 cm³/mol. The van der Waals surface area contributed by atoms with Gasteiger partial charge in [-0.3, -0.25) is 4.90 Å². The Morgan fingerprint density at radius 1 is 1.05 bits per heavy atom. The topological polar surface area (TPSA) is 35.5 Å². The van der Waals surface area contributed by atoms with Gasteiger partial charge >= 0.3 is 6.18 Å². The Morgan fingerprint density at radius 2 is 1.63 bits per heavy atom. The Labute approximate surface area is 112 Å². The van der Waals surface area contributed by atoms with E-state index in [1.54, 1.807) is 4.90 Å². The molecule has 112 valence electrons. The highest BCUT2D eigenvalue weighted by Gasteiger charge is 2.35. The van der Waals surface area contributed by atoms with Gasteiger partial charge < -0.3 is 10.4 Å². The lowest BCUT2D eigenvalue weighted by molar-refractivity contribution is -0.150. The van der Waals surface area contributed by atoms with Gasteiger partial charge in [0.25, 0.3) is 0 Å². The van der Waals surface area contributed by atoms with Crippen molar-refractivity contribution in [1.82, 2.24) is 10.2 Å². The molecular formula is C13H23F3N2O. The van der Waals surface area contributed by atoms with Crippen molar-refractivity contribution >= 4 is 0 Å². The minimum absolute atomic E-state index is 0.235. The Hall–Kier alpha value is -0.330. The minimum Gasteiger partial charge on any atom is -0.393 e. The monoisotopic (exact) mass is 280 g/mol. The van der Waals surface area contributed by atoms with E-state index in [-0.39, 0.29) is 12.0 Å². The largest absolute Gasteiger partial charge is 0.401 e. The number of nitrogens with zero attached hydrogens (tertiary/aromatic N) is 1. The van der Waals surface area contributed by atoms with Crippen molar-refractivity contribution in [3.63, 3.8) is 0 Å². The zero-order valence-corrected chi connectivity index (χ0v) is 11.1. The molecule has 0 spiro atoms. The van der Waals surface area contributed by atoms with Gasteiger partial charge in [0.05, 0.1) is 12.6 Å². The smallest absolute Gasteiger partial charge is 0.393 e. The molecule has 0 amide bonds. The summed E-state index contributed by atoms with van der Waals surface area (Å²) < 4.78 is 37.8. The van der Waals surface area contributed by atoms with E-state index in [9.17, 15) is 18.3 Å². The van der Waals surface area contributed by atoms with Gasteiger partial charge in [-0.1, -0.05) is 0 Å². The van der Waals surface area contributed by atoms with Crippen molar-refractivity contribution in [3.8, 4) is 0 Å². The number of halogens is 3. The molecule has 0 aromatic rings. The molecule has 0 unspecified atom stereocenters. The highest BCUT2D eigenvalue weighted by molar-refractivity contribution is 4.83. The molecule has 0 radical (unpaired) electrons. The molecule has 1 heterocycles. The summed E-state index contributed by atoms with van der Waals surface area (Å²) in [6, 6.07) is 0. The van der Waals surface area contributed by atoms with E-state index < -0.39 is 12.7 Å². The van der Waals surface area contributed by atoms with Gasteiger partial charge in [0.15, 0.2) is 0 Å². The van der Waals surface area contributed by atoms with Crippen molar-refractivity contribution in [2.24, 2.45) is 11.8 Å². The standard InChI is InChI=1S/C13H23F3N2O/c14-13(15,16)9-18(8-11-5-12(19)6-11)7-10-1-3-17-4-2-10/h10-12,17,19H,1-9H2. The number of nitrogens with one attached hydrogen (secondary N) is 1. The number of alkyl halides is 3. The summed E-state index contributed by atoms with van der Waals surface area (Å²) in [6.45, 7) is 2.01. The predicted octanol–water partition coefficient (Wildman–Crippen LogP) is 1.62. The van der Waals surface area contributed by atoms with Gasteiger partial charge in [0.1, 0.15) is 0 Å². The maximum atomic E-state index is 12.6. The van der Waals surface area contributed by atoms with Crippen LogP contribution in [-0.4, -0.2) is 55.0 Å². The molecule has 6 heteroatoms. The third-order valence-electron chi connectivity index (χ3n) is 4.11. The van der Waals surface area contributed by atoms with Crippen molar-refractivity contribution in [3.05, 3.63) is 0 Å². The Balaban J connectivity index is 1.81. The first-order chi connectivity index (χ1) is 8.92. The highest BCUT2D eigenvalue weighted by atomic mass is 19.4. The van der Waals surface area contributed by atoms with Gasteiger partial charge in [-0.15, -0.1) is 0 Å². The van der Waals surface area contributed by atoms with Gasteiger partial charge in [0.2, 0.25) is 0 Å². The maximum absolute atomic E-state index is 12.6. The quantitative estimate of drug-likeness (QED) is 0.803. The maximum Gasteiger partial charge on any atom is 0.401 e. The summed E-state index contributed by atoms with van der Waals surface area (Å²) in [7, 11) is 0. The summed E-state index contributed by atoms with van der Waals surface area (Å²) in [5.41, 5.74) is 0. The Morgan fingerprint density at radius 3 is 2.16 bits per heavy atom. The average molecular weight is 280 g/mol. The third-order valence-corrected chi connectivity index (χ3v) is 4.11. The summed E-state index contributed by atoms with van der Waals surface area (Å²) >= 11 is 0. The van der Waals surface area contributed by atoms with Gasteiger partial charge in [-0.05, 0) is 50.6 Å². The molecule has 1 saturated heterocycles. The van der Waals surface area contributed by atoms with Crippen LogP contribution in [0.4, 0.5) is 13.2 Å². The van der Waals surface area contributed by atoms with Crippen molar-refractivity contribution in [2.45, 2.75) is 38.0 Å². The molecule has 1 aliphatic heterocycles. The van der Waals surface area contributed by atoms with Crippen LogP contribution < -0.4 is 5.32 Å².